The monoisotopic (exact) mass is 458 g/mol. The number of terminal acetylenes is 1. The van der Waals surface area contributed by atoms with Gasteiger partial charge in [0.1, 0.15) is 31.2 Å². The fraction of sp³-hybridized carbons (Fsp3) is 0.529. The zero-order valence-corrected chi connectivity index (χ0v) is 18.4. The maximum atomic E-state index is 12.2. The van der Waals surface area contributed by atoms with Gasteiger partial charge in [0.2, 0.25) is 0 Å². The summed E-state index contributed by atoms with van der Waals surface area (Å²) in [7, 11) is -3.67. The zero-order valence-electron chi connectivity index (χ0n) is 17.6. The Balaban J connectivity index is 0.000000592. The Kier molecular flexibility index (Phi) is 9.43. The molecule has 0 aromatic carbocycles. The molecule has 0 bridgehead atoms. The van der Waals surface area contributed by atoms with Crippen molar-refractivity contribution in [1.29, 1.82) is 0 Å². The van der Waals surface area contributed by atoms with E-state index >= 15 is 0 Å². The maximum Gasteiger partial charge on any atom is 0.363 e. The highest BCUT2D eigenvalue weighted by Crippen LogP contribution is 2.23. The molecule has 1 aliphatic rings. The molecule has 172 valence electrons. The Morgan fingerprint density at radius 2 is 2.03 bits per heavy atom. The van der Waals surface area contributed by atoms with Gasteiger partial charge in [0, 0.05) is 0 Å². The van der Waals surface area contributed by atoms with Crippen LogP contribution in [0.3, 0.4) is 0 Å². The van der Waals surface area contributed by atoms with E-state index in [0.29, 0.717) is 0 Å². The van der Waals surface area contributed by atoms with Crippen molar-refractivity contribution in [2.75, 3.05) is 32.5 Å². The number of hydrogen-bond donors (Lipinski definition) is 3. The molecule has 0 aliphatic carbocycles. The molecule has 14 heteroatoms. The molecule has 2 rings (SSSR count). The van der Waals surface area contributed by atoms with E-state index in [0.717, 1.165) is 13.4 Å². The fourth-order valence-corrected chi connectivity index (χ4v) is 3.41. The number of nitrogens with zero attached hydrogens (tertiary/aromatic N) is 4. The average molecular weight is 458 g/mol. The predicted molar refractivity (Wildman–Crippen MR) is 111 cm³/mol. The first kappa shape index (κ1) is 25.9. The largest absolute Gasteiger partial charge is 0.432 e. The van der Waals surface area contributed by atoms with Gasteiger partial charge in [-0.15, -0.1) is 6.42 Å². The number of nitrogens with one attached hydrogen (secondary N) is 1. The number of β-lactam (4-membered cyclic amide) rings is 1. The molecule has 4 N–H and O–H groups in total. The molecular formula is C17H26N6O7S. The summed E-state index contributed by atoms with van der Waals surface area (Å²) in [4.78, 5) is 34.6. The Hall–Kier alpha value is -3.15. The second-order valence-electron chi connectivity index (χ2n) is 5.99. The number of anilines is 1. The van der Waals surface area contributed by atoms with Crippen LogP contribution in [0.5, 0.6) is 0 Å². The van der Waals surface area contributed by atoms with Crippen molar-refractivity contribution in [2.24, 2.45) is 5.16 Å². The number of aromatic nitrogens is 1. The predicted octanol–water partition coefficient (Wildman–Crippen LogP) is -0.913. The summed E-state index contributed by atoms with van der Waals surface area (Å²) in [6, 6.07) is -3.00. The van der Waals surface area contributed by atoms with Gasteiger partial charge in [-0.05, 0) is 19.6 Å². The van der Waals surface area contributed by atoms with E-state index in [1.807, 2.05) is 5.92 Å². The Morgan fingerprint density at radius 3 is 2.39 bits per heavy atom. The summed E-state index contributed by atoms with van der Waals surface area (Å²) in [6.07, 6.45) is 6.16. The molecule has 2 atom stereocenters. The third-order valence-corrected chi connectivity index (χ3v) is 5.17. The van der Waals surface area contributed by atoms with Gasteiger partial charge < -0.3 is 25.2 Å². The maximum absolute atomic E-state index is 12.2. The lowest BCUT2D eigenvalue weighted by molar-refractivity contribution is -0.142. The third kappa shape index (κ3) is 6.41. The molecule has 1 aliphatic heterocycles. The van der Waals surface area contributed by atoms with Gasteiger partial charge >= 0.3 is 10.3 Å². The van der Waals surface area contributed by atoms with Crippen LogP contribution in [-0.2, 0) is 24.7 Å². The van der Waals surface area contributed by atoms with Crippen LogP contribution in [-0.4, -0.2) is 83.5 Å². The van der Waals surface area contributed by atoms with Crippen molar-refractivity contribution in [3.63, 3.8) is 0 Å². The molecule has 2 amide bonds. The first-order valence-corrected chi connectivity index (χ1v) is 10.6. The van der Waals surface area contributed by atoms with E-state index in [2.05, 4.69) is 46.0 Å². The van der Waals surface area contributed by atoms with E-state index in [4.69, 9.17) is 21.1 Å². The lowest BCUT2D eigenvalue weighted by Gasteiger charge is -2.41. The first-order chi connectivity index (χ1) is 14.5. The van der Waals surface area contributed by atoms with Gasteiger partial charge in [0.05, 0.1) is 0 Å². The molecule has 0 radical (unpaired) electrons. The van der Waals surface area contributed by atoms with Gasteiger partial charge in [0.15, 0.2) is 5.71 Å². The number of rotatable bonds is 8. The quantitative estimate of drug-likeness (QED) is 0.145. The Bertz CT molecular complexity index is 943. The van der Waals surface area contributed by atoms with Gasteiger partial charge in [-0.1, -0.05) is 31.8 Å². The number of nitrogen functional groups attached to an aromatic ring is 1. The summed E-state index contributed by atoms with van der Waals surface area (Å²) < 4.78 is 35.9. The minimum Gasteiger partial charge on any atom is -0.432 e. The van der Waals surface area contributed by atoms with Gasteiger partial charge in [0.25, 0.3) is 17.8 Å². The summed E-state index contributed by atoms with van der Waals surface area (Å²) in [5.41, 5.74) is 4.83. The molecule has 1 aromatic heterocycles. The standard InChI is InChI=1S/C11H11N5O7S.C6H15N/c1-3-6-8(10(18)16(6)24(19,20)21)14-9(17)7(15-22-2)5-4-23-11(12)13-5;1-4-7(5-2)6-3/h1,4,6,8H,2H3,(H2,12,13)(H,14,17)(H,19,20,21);4-6H2,1-3H3/b15-7-;/t6-,8+;/m1./s1. The number of carbonyl (C=O) groups excluding carboxylic acids is 2. The zero-order chi connectivity index (χ0) is 23.8. The van der Waals surface area contributed by atoms with Crippen molar-refractivity contribution < 1.29 is 31.8 Å². The molecule has 1 saturated heterocycles. The SMILES string of the molecule is C#C[C@@H]1[C@H](NC(=O)/C(=N\OC)c2coc(N)n2)C(=O)N1S(=O)(=O)O.CCN(CC)CC. The topological polar surface area (TPSA) is 181 Å². The van der Waals surface area contributed by atoms with Crippen molar-refractivity contribution in [3.8, 4) is 12.3 Å². The highest BCUT2D eigenvalue weighted by Gasteiger charge is 2.53. The summed E-state index contributed by atoms with van der Waals surface area (Å²) in [5, 5.41) is 5.63. The molecule has 1 fully saturated rings. The van der Waals surface area contributed by atoms with Gasteiger partial charge in [-0.3, -0.25) is 14.1 Å². The molecule has 0 unspecified atom stereocenters. The number of amides is 2. The average Bonchev–Trinajstić information content (AvgIpc) is 3.14. The lowest BCUT2D eigenvalue weighted by atomic mass is 9.99. The van der Waals surface area contributed by atoms with Crippen LogP contribution in [0.15, 0.2) is 15.8 Å². The Morgan fingerprint density at radius 1 is 1.45 bits per heavy atom. The van der Waals surface area contributed by atoms with Crippen LogP contribution in [0.4, 0.5) is 6.01 Å². The first-order valence-electron chi connectivity index (χ1n) is 9.18. The van der Waals surface area contributed by atoms with E-state index < -0.39 is 34.2 Å². The number of carbonyl (C=O) groups is 2. The number of nitrogens with two attached hydrogens (primary N) is 1. The lowest BCUT2D eigenvalue weighted by Crippen LogP contribution is -2.71. The normalized spacial score (nSPS) is 18.5. The van der Waals surface area contributed by atoms with Crippen molar-refractivity contribution >= 4 is 33.8 Å². The number of oxazole rings is 1. The second kappa shape index (κ2) is 11.3. The van der Waals surface area contributed by atoms with E-state index in [1.54, 1.807) is 0 Å². The summed E-state index contributed by atoms with van der Waals surface area (Å²) in [5.74, 6) is -0.0672. The molecule has 2 heterocycles. The second-order valence-corrected chi connectivity index (χ2v) is 7.28. The third-order valence-electron chi connectivity index (χ3n) is 4.26. The number of hydrogen-bond acceptors (Lipinski definition) is 10. The molecule has 13 nitrogen and oxygen atoms in total. The molecule has 0 saturated carbocycles. The molecular weight excluding hydrogens is 432 g/mol. The van der Waals surface area contributed by atoms with Crippen molar-refractivity contribution in [2.45, 2.75) is 32.9 Å². The Labute approximate surface area is 180 Å². The van der Waals surface area contributed by atoms with E-state index in [9.17, 15) is 18.0 Å². The van der Waals surface area contributed by atoms with Crippen LogP contribution in [0, 0.1) is 12.3 Å². The fourth-order valence-electron chi connectivity index (χ4n) is 2.60. The molecule has 31 heavy (non-hydrogen) atoms. The summed E-state index contributed by atoms with van der Waals surface area (Å²) in [6.45, 7) is 10.1. The van der Waals surface area contributed by atoms with Crippen LogP contribution in [0.2, 0.25) is 0 Å². The van der Waals surface area contributed by atoms with E-state index in [-0.39, 0.29) is 21.7 Å². The van der Waals surface area contributed by atoms with Crippen LogP contribution >= 0.6 is 0 Å². The molecule has 0 spiro atoms. The van der Waals surface area contributed by atoms with Crippen molar-refractivity contribution in [1.82, 2.24) is 19.5 Å². The summed E-state index contributed by atoms with van der Waals surface area (Å²) >= 11 is 0. The van der Waals surface area contributed by atoms with Gasteiger partial charge in [-0.2, -0.15) is 17.7 Å². The van der Waals surface area contributed by atoms with Gasteiger partial charge in [-0.25, -0.2) is 0 Å². The van der Waals surface area contributed by atoms with E-state index in [1.165, 1.54) is 19.6 Å². The van der Waals surface area contributed by atoms with Crippen LogP contribution in [0.25, 0.3) is 0 Å². The smallest absolute Gasteiger partial charge is 0.363 e. The van der Waals surface area contributed by atoms with Crippen molar-refractivity contribution in [3.05, 3.63) is 12.0 Å². The number of oxime groups is 1. The van der Waals surface area contributed by atoms with Crippen LogP contribution in [0.1, 0.15) is 26.5 Å². The highest BCUT2D eigenvalue weighted by atomic mass is 32.2. The highest BCUT2D eigenvalue weighted by molar-refractivity contribution is 7.84. The van der Waals surface area contributed by atoms with Crippen LogP contribution < -0.4 is 11.1 Å². The minimum absolute atomic E-state index is 0.0686. The molecule has 1 aromatic rings. The minimum atomic E-state index is -4.83.